The number of amides is 2. The number of carbonyl (C=O) groups excluding carboxylic acids is 2. The summed E-state index contributed by atoms with van der Waals surface area (Å²) in [5, 5.41) is 16.5. The third-order valence-corrected chi connectivity index (χ3v) is 6.65. The number of rotatable bonds is 5. The minimum absolute atomic E-state index is 0.119. The summed E-state index contributed by atoms with van der Waals surface area (Å²) in [7, 11) is 0. The molecule has 1 aromatic carbocycles. The van der Waals surface area contributed by atoms with Crippen molar-refractivity contribution in [2.45, 2.75) is 18.5 Å². The molecule has 0 bridgehead atoms. The molecule has 11 heteroatoms. The minimum atomic E-state index is -4.64. The van der Waals surface area contributed by atoms with Crippen LogP contribution in [0.1, 0.15) is 22.8 Å². The van der Waals surface area contributed by atoms with Gasteiger partial charge in [0.05, 0.1) is 33.7 Å². The molecular weight excluding hydrogens is 503 g/mol. The first kappa shape index (κ1) is 22.4. The van der Waals surface area contributed by atoms with Crippen LogP contribution in [0.4, 0.5) is 18.9 Å². The first-order valence-corrected chi connectivity index (χ1v) is 11.1. The summed E-state index contributed by atoms with van der Waals surface area (Å²) in [6.45, 7) is 0. The van der Waals surface area contributed by atoms with E-state index in [2.05, 4.69) is 32.6 Å². The van der Waals surface area contributed by atoms with Crippen molar-refractivity contribution in [2.24, 2.45) is 0 Å². The van der Waals surface area contributed by atoms with Gasteiger partial charge in [0.15, 0.2) is 0 Å². The highest BCUT2D eigenvalue weighted by molar-refractivity contribution is 9.10. The van der Waals surface area contributed by atoms with Crippen LogP contribution in [-0.4, -0.2) is 17.6 Å². The summed E-state index contributed by atoms with van der Waals surface area (Å²) in [5.41, 5.74) is -1.01. The van der Waals surface area contributed by atoms with E-state index in [9.17, 15) is 28.0 Å². The van der Waals surface area contributed by atoms with Gasteiger partial charge in [-0.15, -0.1) is 11.3 Å². The molecule has 30 heavy (non-hydrogen) atoms. The smallest absolute Gasteiger partial charge is 0.325 e. The summed E-state index contributed by atoms with van der Waals surface area (Å²) in [6, 6.07) is 9.16. The van der Waals surface area contributed by atoms with E-state index in [4.69, 9.17) is 0 Å². The number of nitriles is 1. The van der Waals surface area contributed by atoms with Gasteiger partial charge in [-0.1, -0.05) is 33.8 Å². The standard InChI is InChI=1S/C19H13BrF3N3O2S2/c20-10-3-4-14(13(6-10)19(21,22)23)25-17(28)9-30-18-12(8-24)11(7-16(27)26-18)15-2-1-5-29-15/h1-6,11H,7,9H2,(H,25,28)(H,26,27)/t11-/m0/s1. The third kappa shape index (κ3) is 5.24. The zero-order chi connectivity index (χ0) is 21.9. The van der Waals surface area contributed by atoms with E-state index in [0.717, 1.165) is 28.8 Å². The summed E-state index contributed by atoms with van der Waals surface area (Å²) in [5.74, 6) is -1.66. The average molecular weight is 516 g/mol. The minimum Gasteiger partial charge on any atom is -0.325 e. The van der Waals surface area contributed by atoms with Crippen molar-refractivity contribution in [3.05, 3.63) is 61.2 Å². The van der Waals surface area contributed by atoms with Crippen molar-refractivity contribution in [2.75, 3.05) is 11.1 Å². The van der Waals surface area contributed by atoms with Crippen LogP contribution in [-0.2, 0) is 15.8 Å². The van der Waals surface area contributed by atoms with Gasteiger partial charge < -0.3 is 10.6 Å². The van der Waals surface area contributed by atoms with Crippen LogP contribution < -0.4 is 10.6 Å². The van der Waals surface area contributed by atoms with Gasteiger partial charge in [0.2, 0.25) is 11.8 Å². The molecule has 1 atom stereocenters. The number of hydrogen-bond donors (Lipinski definition) is 2. The number of nitrogens with one attached hydrogen (secondary N) is 2. The maximum atomic E-state index is 13.2. The number of alkyl halides is 3. The first-order chi connectivity index (χ1) is 14.2. The molecule has 3 rings (SSSR count). The van der Waals surface area contributed by atoms with Gasteiger partial charge in [-0.3, -0.25) is 9.59 Å². The Morgan fingerprint density at radius 3 is 2.80 bits per heavy atom. The zero-order valence-electron chi connectivity index (χ0n) is 15.0. The van der Waals surface area contributed by atoms with E-state index >= 15 is 0 Å². The van der Waals surface area contributed by atoms with Crippen molar-refractivity contribution in [1.82, 2.24) is 5.32 Å². The van der Waals surface area contributed by atoms with Crippen LogP contribution in [0.3, 0.4) is 0 Å². The molecule has 0 spiro atoms. The lowest BCUT2D eigenvalue weighted by Gasteiger charge is -2.24. The number of benzene rings is 1. The highest BCUT2D eigenvalue weighted by Crippen LogP contribution is 2.39. The van der Waals surface area contributed by atoms with Gasteiger partial charge in [0.1, 0.15) is 0 Å². The van der Waals surface area contributed by atoms with Gasteiger partial charge in [0.25, 0.3) is 0 Å². The quantitative estimate of drug-likeness (QED) is 0.570. The molecular formula is C19H13BrF3N3O2S2. The molecule has 2 N–H and O–H groups in total. The van der Waals surface area contributed by atoms with Crippen LogP contribution >= 0.6 is 39.0 Å². The molecule has 0 radical (unpaired) electrons. The predicted molar refractivity (Wildman–Crippen MR) is 113 cm³/mol. The topological polar surface area (TPSA) is 82.0 Å². The van der Waals surface area contributed by atoms with E-state index in [1.54, 1.807) is 0 Å². The van der Waals surface area contributed by atoms with Crippen molar-refractivity contribution < 1.29 is 22.8 Å². The largest absolute Gasteiger partial charge is 0.418 e. The van der Waals surface area contributed by atoms with Gasteiger partial charge in [0, 0.05) is 21.7 Å². The second-order valence-electron chi connectivity index (χ2n) is 6.20. The number of anilines is 1. The normalized spacial score (nSPS) is 16.8. The maximum Gasteiger partial charge on any atom is 0.418 e. The molecule has 1 aliphatic rings. The number of carbonyl (C=O) groups is 2. The number of thioether (sulfide) groups is 1. The summed E-state index contributed by atoms with van der Waals surface area (Å²) in [6.07, 6.45) is -4.52. The van der Waals surface area contributed by atoms with Crippen LogP contribution in [0.25, 0.3) is 0 Å². The molecule has 1 aliphatic heterocycles. The molecule has 1 aromatic heterocycles. The van der Waals surface area contributed by atoms with Crippen molar-refractivity contribution in [1.29, 1.82) is 5.26 Å². The van der Waals surface area contributed by atoms with E-state index < -0.39 is 23.6 Å². The van der Waals surface area contributed by atoms with Crippen LogP contribution in [0, 0.1) is 11.3 Å². The molecule has 0 unspecified atom stereocenters. The summed E-state index contributed by atoms with van der Waals surface area (Å²) in [4.78, 5) is 25.2. The lowest BCUT2D eigenvalue weighted by Crippen LogP contribution is -2.31. The Hall–Kier alpha value is -2.29. The molecule has 2 heterocycles. The highest BCUT2D eigenvalue weighted by atomic mass is 79.9. The fraction of sp³-hybridized carbons (Fsp3) is 0.211. The maximum absolute atomic E-state index is 13.2. The predicted octanol–water partition coefficient (Wildman–Crippen LogP) is 5.24. The fourth-order valence-corrected chi connectivity index (χ4v) is 4.92. The van der Waals surface area contributed by atoms with Crippen molar-refractivity contribution in [3.63, 3.8) is 0 Å². The molecule has 0 saturated heterocycles. The van der Waals surface area contributed by atoms with Gasteiger partial charge in [-0.2, -0.15) is 18.4 Å². The molecule has 2 aromatic rings. The molecule has 0 saturated carbocycles. The molecule has 0 fully saturated rings. The Kier molecular flexibility index (Phi) is 6.90. The van der Waals surface area contributed by atoms with E-state index in [-0.39, 0.29) is 33.3 Å². The number of allylic oxidation sites excluding steroid dienone is 1. The number of halogens is 4. The van der Waals surface area contributed by atoms with Crippen molar-refractivity contribution >= 4 is 56.5 Å². The van der Waals surface area contributed by atoms with Crippen molar-refractivity contribution in [3.8, 4) is 6.07 Å². The molecule has 2 amide bonds. The Balaban J connectivity index is 1.76. The Morgan fingerprint density at radius 1 is 1.40 bits per heavy atom. The van der Waals surface area contributed by atoms with Crippen LogP contribution in [0.5, 0.6) is 0 Å². The Morgan fingerprint density at radius 2 is 2.17 bits per heavy atom. The summed E-state index contributed by atoms with van der Waals surface area (Å²) >= 11 is 5.31. The molecule has 156 valence electrons. The molecule has 5 nitrogen and oxygen atoms in total. The average Bonchev–Trinajstić information content (AvgIpc) is 3.21. The Labute approximate surface area is 186 Å². The van der Waals surface area contributed by atoms with Gasteiger partial charge in [-0.25, -0.2) is 0 Å². The zero-order valence-corrected chi connectivity index (χ0v) is 18.3. The van der Waals surface area contributed by atoms with Gasteiger partial charge in [-0.05, 0) is 29.6 Å². The lowest BCUT2D eigenvalue weighted by molar-refractivity contribution is -0.137. The third-order valence-electron chi connectivity index (χ3n) is 4.15. The molecule has 0 aliphatic carbocycles. The lowest BCUT2D eigenvalue weighted by atomic mass is 9.93. The van der Waals surface area contributed by atoms with Gasteiger partial charge >= 0.3 is 6.18 Å². The van der Waals surface area contributed by atoms with E-state index in [1.165, 1.54) is 17.4 Å². The van der Waals surface area contributed by atoms with E-state index in [1.807, 2.05) is 17.5 Å². The number of nitrogens with zero attached hydrogens (tertiary/aromatic N) is 1. The summed E-state index contributed by atoms with van der Waals surface area (Å²) < 4.78 is 39.8. The number of hydrogen-bond acceptors (Lipinski definition) is 5. The number of thiophene rings is 1. The SMILES string of the molecule is N#CC1=C(SCC(=O)Nc2ccc(Br)cc2C(F)(F)F)NC(=O)C[C@@H]1c1cccs1. The monoisotopic (exact) mass is 515 g/mol. The highest BCUT2D eigenvalue weighted by Gasteiger charge is 2.34. The second kappa shape index (κ2) is 9.24. The van der Waals surface area contributed by atoms with Crippen LogP contribution in [0.15, 0.2) is 50.8 Å². The first-order valence-electron chi connectivity index (χ1n) is 8.46. The fourth-order valence-electron chi connectivity index (χ4n) is 2.85. The Bertz CT molecular complexity index is 1050. The van der Waals surface area contributed by atoms with E-state index in [0.29, 0.717) is 5.57 Å². The van der Waals surface area contributed by atoms with Crippen LogP contribution in [0.2, 0.25) is 0 Å². The second-order valence-corrected chi connectivity index (χ2v) is 9.08.